The van der Waals surface area contributed by atoms with Crippen molar-refractivity contribution in [2.24, 2.45) is 5.73 Å². The van der Waals surface area contributed by atoms with Gasteiger partial charge in [-0.25, -0.2) is 4.39 Å². The summed E-state index contributed by atoms with van der Waals surface area (Å²) in [6, 6.07) is 6.79. The van der Waals surface area contributed by atoms with Gasteiger partial charge >= 0.3 is 0 Å². The first-order valence-corrected chi connectivity index (χ1v) is 6.29. The molecule has 0 amide bonds. The van der Waals surface area contributed by atoms with Gasteiger partial charge in [0.2, 0.25) is 0 Å². The normalized spacial score (nSPS) is 18.1. The Morgan fingerprint density at radius 3 is 2.76 bits per heavy atom. The second-order valence-electron chi connectivity index (χ2n) is 5.33. The Morgan fingerprint density at radius 1 is 1.41 bits per heavy atom. The molecular formula is C14H21FN2. The van der Waals surface area contributed by atoms with Crippen molar-refractivity contribution in [2.45, 2.75) is 37.8 Å². The number of nitrogens with two attached hydrogens (primary N) is 1. The van der Waals surface area contributed by atoms with E-state index in [0.717, 1.165) is 37.9 Å². The summed E-state index contributed by atoms with van der Waals surface area (Å²) in [6.45, 7) is 1.76. The van der Waals surface area contributed by atoms with Crippen LogP contribution in [0.15, 0.2) is 24.3 Å². The predicted molar refractivity (Wildman–Crippen MR) is 68.1 cm³/mol. The van der Waals surface area contributed by atoms with Crippen LogP contribution in [0.25, 0.3) is 0 Å². The van der Waals surface area contributed by atoms with E-state index in [1.165, 1.54) is 12.5 Å². The van der Waals surface area contributed by atoms with Crippen molar-refractivity contribution in [2.75, 3.05) is 13.6 Å². The Balaban J connectivity index is 1.78. The van der Waals surface area contributed by atoms with Gasteiger partial charge in [0.05, 0.1) is 0 Å². The van der Waals surface area contributed by atoms with E-state index >= 15 is 0 Å². The average molecular weight is 236 g/mol. The molecule has 0 aromatic heterocycles. The van der Waals surface area contributed by atoms with E-state index in [1.807, 2.05) is 6.07 Å². The fraction of sp³-hybridized carbons (Fsp3) is 0.571. The topological polar surface area (TPSA) is 29.3 Å². The van der Waals surface area contributed by atoms with Crippen LogP contribution in [0.2, 0.25) is 0 Å². The van der Waals surface area contributed by atoms with Crippen LogP contribution in [0.5, 0.6) is 0 Å². The lowest BCUT2D eigenvalue weighted by atomic mass is 9.75. The van der Waals surface area contributed by atoms with Crippen LogP contribution >= 0.6 is 0 Å². The van der Waals surface area contributed by atoms with Crippen molar-refractivity contribution in [1.29, 1.82) is 0 Å². The number of hydrogen-bond acceptors (Lipinski definition) is 2. The standard InChI is InChI=1S/C14H21FN2/c1-17(9-8-14(16)6-3-7-14)11-12-4-2-5-13(15)10-12/h2,4-5,10H,3,6-9,11,16H2,1H3. The second-order valence-corrected chi connectivity index (χ2v) is 5.33. The van der Waals surface area contributed by atoms with E-state index in [-0.39, 0.29) is 11.4 Å². The summed E-state index contributed by atoms with van der Waals surface area (Å²) in [7, 11) is 2.06. The van der Waals surface area contributed by atoms with E-state index in [2.05, 4.69) is 11.9 Å². The Bertz CT molecular complexity index is 374. The molecule has 0 spiro atoms. The molecular weight excluding hydrogens is 215 g/mol. The minimum Gasteiger partial charge on any atom is -0.325 e. The highest BCUT2D eigenvalue weighted by Gasteiger charge is 2.31. The number of benzene rings is 1. The summed E-state index contributed by atoms with van der Waals surface area (Å²) in [4.78, 5) is 2.21. The zero-order valence-corrected chi connectivity index (χ0v) is 10.5. The summed E-state index contributed by atoms with van der Waals surface area (Å²) in [5.41, 5.74) is 7.28. The SMILES string of the molecule is CN(CCC1(N)CCC1)Cc1cccc(F)c1. The maximum atomic E-state index is 13.0. The van der Waals surface area contributed by atoms with E-state index < -0.39 is 0 Å². The largest absolute Gasteiger partial charge is 0.325 e. The van der Waals surface area contributed by atoms with Crippen molar-refractivity contribution in [3.05, 3.63) is 35.6 Å². The van der Waals surface area contributed by atoms with Crippen molar-refractivity contribution in [1.82, 2.24) is 4.90 Å². The molecule has 0 bridgehead atoms. The molecule has 1 aliphatic carbocycles. The van der Waals surface area contributed by atoms with Crippen LogP contribution < -0.4 is 5.73 Å². The average Bonchev–Trinajstić information content (AvgIpc) is 2.24. The third-order valence-electron chi connectivity index (χ3n) is 3.68. The first kappa shape index (κ1) is 12.5. The van der Waals surface area contributed by atoms with Crippen LogP contribution in [-0.4, -0.2) is 24.0 Å². The minimum atomic E-state index is -0.162. The number of halogens is 1. The van der Waals surface area contributed by atoms with Gasteiger partial charge in [0.25, 0.3) is 0 Å². The van der Waals surface area contributed by atoms with Gasteiger partial charge in [-0.05, 0) is 57.0 Å². The van der Waals surface area contributed by atoms with Gasteiger partial charge in [-0.3, -0.25) is 0 Å². The molecule has 1 aromatic rings. The predicted octanol–water partition coefficient (Wildman–Crippen LogP) is 2.53. The van der Waals surface area contributed by atoms with Crippen LogP contribution in [0.1, 0.15) is 31.2 Å². The van der Waals surface area contributed by atoms with Crippen molar-refractivity contribution >= 4 is 0 Å². The molecule has 2 rings (SSSR count). The Hall–Kier alpha value is -0.930. The van der Waals surface area contributed by atoms with Crippen molar-refractivity contribution < 1.29 is 4.39 Å². The van der Waals surface area contributed by atoms with Crippen LogP contribution in [0, 0.1) is 5.82 Å². The lowest BCUT2D eigenvalue weighted by Crippen LogP contribution is -2.48. The van der Waals surface area contributed by atoms with E-state index in [1.54, 1.807) is 12.1 Å². The maximum absolute atomic E-state index is 13.0. The van der Waals surface area contributed by atoms with Gasteiger partial charge in [0, 0.05) is 12.1 Å². The highest BCUT2D eigenvalue weighted by Crippen LogP contribution is 2.32. The fourth-order valence-electron chi connectivity index (χ4n) is 2.32. The molecule has 0 radical (unpaired) electrons. The fourth-order valence-corrected chi connectivity index (χ4v) is 2.32. The molecule has 0 saturated heterocycles. The van der Waals surface area contributed by atoms with Crippen molar-refractivity contribution in [3.63, 3.8) is 0 Å². The first-order chi connectivity index (χ1) is 8.07. The Kier molecular flexibility index (Phi) is 3.79. The Labute approximate surface area is 103 Å². The molecule has 2 N–H and O–H groups in total. The summed E-state index contributed by atoms with van der Waals surface area (Å²) in [5.74, 6) is -0.162. The van der Waals surface area contributed by atoms with Gasteiger partial charge in [0.15, 0.2) is 0 Å². The van der Waals surface area contributed by atoms with Crippen LogP contribution in [0.3, 0.4) is 0 Å². The van der Waals surface area contributed by atoms with E-state index in [4.69, 9.17) is 5.73 Å². The van der Waals surface area contributed by atoms with Crippen LogP contribution in [-0.2, 0) is 6.54 Å². The molecule has 0 aliphatic heterocycles. The minimum absolute atomic E-state index is 0.0796. The summed E-state index contributed by atoms with van der Waals surface area (Å²) < 4.78 is 13.0. The quantitative estimate of drug-likeness (QED) is 0.851. The summed E-state index contributed by atoms with van der Waals surface area (Å²) >= 11 is 0. The molecule has 0 unspecified atom stereocenters. The Morgan fingerprint density at radius 2 is 2.18 bits per heavy atom. The number of rotatable bonds is 5. The number of hydrogen-bond donors (Lipinski definition) is 1. The van der Waals surface area contributed by atoms with E-state index in [0.29, 0.717) is 0 Å². The van der Waals surface area contributed by atoms with E-state index in [9.17, 15) is 4.39 Å². The third kappa shape index (κ3) is 3.51. The molecule has 1 aliphatic rings. The molecule has 1 aromatic carbocycles. The zero-order valence-electron chi connectivity index (χ0n) is 10.5. The zero-order chi connectivity index (χ0) is 12.3. The smallest absolute Gasteiger partial charge is 0.123 e. The highest BCUT2D eigenvalue weighted by molar-refractivity contribution is 5.16. The second kappa shape index (κ2) is 5.15. The summed E-state index contributed by atoms with van der Waals surface area (Å²) in [6.07, 6.45) is 4.62. The van der Waals surface area contributed by atoms with Gasteiger partial charge in [-0.1, -0.05) is 12.1 Å². The lowest BCUT2D eigenvalue weighted by Gasteiger charge is -2.39. The molecule has 2 nitrogen and oxygen atoms in total. The molecule has 3 heteroatoms. The van der Waals surface area contributed by atoms with Gasteiger partial charge in [0.1, 0.15) is 5.82 Å². The first-order valence-electron chi connectivity index (χ1n) is 6.29. The van der Waals surface area contributed by atoms with Crippen molar-refractivity contribution in [3.8, 4) is 0 Å². The highest BCUT2D eigenvalue weighted by atomic mass is 19.1. The van der Waals surface area contributed by atoms with Gasteiger partial charge in [-0.15, -0.1) is 0 Å². The van der Waals surface area contributed by atoms with Crippen LogP contribution in [0.4, 0.5) is 4.39 Å². The third-order valence-corrected chi connectivity index (χ3v) is 3.68. The van der Waals surface area contributed by atoms with Gasteiger partial charge < -0.3 is 10.6 Å². The van der Waals surface area contributed by atoms with Gasteiger partial charge in [-0.2, -0.15) is 0 Å². The molecule has 0 heterocycles. The molecule has 17 heavy (non-hydrogen) atoms. The number of nitrogens with zero attached hydrogens (tertiary/aromatic N) is 1. The monoisotopic (exact) mass is 236 g/mol. The molecule has 0 atom stereocenters. The molecule has 1 fully saturated rings. The molecule has 94 valence electrons. The summed E-state index contributed by atoms with van der Waals surface area (Å²) in [5, 5.41) is 0. The molecule has 1 saturated carbocycles. The maximum Gasteiger partial charge on any atom is 0.123 e. The lowest BCUT2D eigenvalue weighted by molar-refractivity contribution is 0.193.